The number of hydrogen-bond donors (Lipinski definition) is 3. The van der Waals surface area contributed by atoms with E-state index in [0.29, 0.717) is 19.3 Å². The summed E-state index contributed by atoms with van der Waals surface area (Å²) >= 11 is 0. The summed E-state index contributed by atoms with van der Waals surface area (Å²) in [5, 5.41) is 12.3. The third-order valence-corrected chi connectivity index (χ3v) is 7.03. The Bertz CT molecular complexity index is 1010. The Hall–Kier alpha value is -2.91. The molecule has 0 unspecified atom stereocenters. The molecule has 2 aromatic rings. The summed E-state index contributed by atoms with van der Waals surface area (Å²) in [6, 6.07) is 12.6. The molecule has 2 aromatic carbocycles. The highest BCUT2D eigenvalue weighted by atomic mass is 32.2. The molecule has 160 valence electrons. The number of phenolic OH excluding ortho intramolecular Hbond substituents is 1. The zero-order valence-corrected chi connectivity index (χ0v) is 17.2. The Morgan fingerprint density at radius 2 is 1.87 bits per heavy atom. The van der Waals surface area contributed by atoms with Crippen LogP contribution in [0.15, 0.2) is 59.5 Å². The first-order valence-electron chi connectivity index (χ1n) is 9.73. The number of benzene rings is 2. The normalized spacial score (nSPS) is 18.5. The maximum atomic E-state index is 13.1. The van der Waals surface area contributed by atoms with Gasteiger partial charge in [0.25, 0.3) is 0 Å². The lowest BCUT2D eigenvalue weighted by Gasteiger charge is -2.34. The zero-order valence-electron chi connectivity index (χ0n) is 16.4. The van der Waals surface area contributed by atoms with Crippen LogP contribution in [0.4, 0.5) is 0 Å². The Morgan fingerprint density at radius 3 is 2.53 bits per heavy atom. The number of nitrogens with one attached hydrogen (secondary N) is 1. The van der Waals surface area contributed by atoms with Crippen LogP contribution in [-0.2, 0) is 26.0 Å². The number of primary amides is 1. The van der Waals surface area contributed by atoms with E-state index < -0.39 is 33.9 Å². The largest absolute Gasteiger partial charge is 0.508 e. The number of piperidine rings is 1. The lowest BCUT2D eigenvalue weighted by Crippen LogP contribution is -2.56. The fourth-order valence-electron chi connectivity index (χ4n) is 3.57. The summed E-state index contributed by atoms with van der Waals surface area (Å²) in [6.07, 6.45) is 1.85. The van der Waals surface area contributed by atoms with E-state index in [1.54, 1.807) is 0 Å². The first-order valence-corrected chi connectivity index (χ1v) is 11.2. The van der Waals surface area contributed by atoms with Gasteiger partial charge < -0.3 is 16.2 Å². The smallest absolute Gasteiger partial charge is 0.243 e. The fraction of sp³-hybridized carbons (Fsp3) is 0.333. The van der Waals surface area contributed by atoms with Crippen molar-refractivity contribution in [3.05, 3.63) is 60.2 Å². The number of nitrogens with two attached hydrogens (primary N) is 1. The molecule has 9 heteroatoms. The third-order valence-electron chi connectivity index (χ3n) is 5.12. The van der Waals surface area contributed by atoms with Crippen LogP contribution in [0.2, 0.25) is 0 Å². The van der Waals surface area contributed by atoms with Gasteiger partial charge in [0.15, 0.2) is 0 Å². The highest BCUT2D eigenvalue weighted by molar-refractivity contribution is 7.89. The maximum absolute atomic E-state index is 13.1. The minimum Gasteiger partial charge on any atom is -0.508 e. The Morgan fingerprint density at radius 1 is 1.13 bits per heavy atom. The van der Waals surface area contributed by atoms with Crippen molar-refractivity contribution in [1.82, 2.24) is 9.62 Å². The van der Waals surface area contributed by atoms with E-state index in [2.05, 4.69) is 5.32 Å². The number of carbonyl (C=O) groups is 2. The molecule has 0 aliphatic carbocycles. The standard InChI is InChI=1S/C21H25N3O5S/c22-20(26)18(13-15-7-2-1-3-8-15)23-21(27)19-11-4-5-12-24(19)30(28,29)17-10-6-9-16(25)14-17/h1-3,6-10,14,18-19,25H,4-5,11-13H2,(H2,22,26)(H,23,27)/t18-,19-/m0/s1. The van der Waals surface area contributed by atoms with Gasteiger partial charge in [0.05, 0.1) is 4.90 Å². The molecule has 1 heterocycles. The molecular weight excluding hydrogens is 406 g/mol. The predicted molar refractivity (Wildman–Crippen MR) is 111 cm³/mol. The first kappa shape index (κ1) is 21.8. The second kappa shape index (κ2) is 9.27. The van der Waals surface area contributed by atoms with Crippen molar-refractivity contribution in [3.63, 3.8) is 0 Å². The summed E-state index contributed by atoms with van der Waals surface area (Å²) in [4.78, 5) is 24.8. The Balaban J connectivity index is 1.81. The summed E-state index contributed by atoms with van der Waals surface area (Å²) in [5.74, 6) is -1.42. The molecule has 0 spiro atoms. The van der Waals surface area contributed by atoms with Crippen LogP contribution in [0, 0.1) is 0 Å². The molecule has 1 aliphatic rings. The molecule has 0 radical (unpaired) electrons. The van der Waals surface area contributed by atoms with Gasteiger partial charge in [-0.15, -0.1) is 0 Å². The minimum absolute atomic E-state index is 0.0852. The van der Waals surface area contributed by atoms with E-state index in [9.17, 15) is 23.1 Å². The number of nitrogens with zero attached hydrogens (tertiary/aromatic N) is 1. The van der Waals surface area contributed by atoms with E-state index >= 15 is 0 Å². The van der Waals surface area contributed by atoms with Gasteiger partial charge in [0.2, 0.25) is 21.8 Å². The fourth-order valence-corrected chi connectivity index (χ4v) is 5.27. The highest BCUT2D eigenvalue weighted by Gasteiger charge is 2.38. The van der Waals surface area contributed by atoms with E-state index in [4.69, 9.17) is 5.73 Å². The van der Waals surface area contributed by atoms with Crippen LogP contribution in [0.25, 0.3) is 0 Å². The van der Waals surface area contributed by atoms with Gasteiger partial charge in [0, 0.05) is 13.0 Å². The SMILES string of the molecule is NC(=O)[C@H](Cc1ccccc1)NC(=O)[C@@H]1CCCCN1S(=O)(=O)c1cccc(O)c1. The summed E-state index contributed by atoms with van der Waals surface area (Å²) < 4.78 is 27.4. The van der Waals surface area contributed by atoms with E-state index in [1.165, 1.54) is 18.2 Å². The number of aromatic hydroxyl groups is 1. The van der Waals surface area contributed by atoms with Crippen LogP contribution in [0.1, 0.15) is 24.8 Å². The average Bonchev–Trinajstić information content (AvgIpc) is 2.74. The Labute approximate surface area is 175 Å². The maximum Gasteiger partial charge on any atom is 0.243 e. The van der Waals surface area contributed by atoms with E-state index in [-0.39, 0.29) is 23.6 Å². The van der Waals surface area contributed by atoms with Crippen molar-refractivity contribution < 1.29 is 23.1 Å². The molecule has 1 saturated heterocycles. The monoisotopic (exact) mass is 431 g/mol. The van der Waals surface area contributed by atoms with Crippen molar-refractivity contribution in [2.75, 3.05) is 6.54 Å². The number of amides is 2. The molecule has 30 heavy (non-hydrogen) atoms. The van der Waals surface area contributed by atoms with Gasteiger partial charge in [-0.25, -0.2) is 8.42 Å². The lowest BCUT2D eigenvalue weighted by atomic mass is 10.0. The van der Waals surface area contributed by atoms with E-state index in [1.807, 2.05) is 30.3 Å². The number of sulfonamides is 1. The molecule has 3 rings (SSSR count). The first-order chi connectivity index (χ1) is 14.3. The summed E-state index contributed by atoms with van der Waals surface area (Å²) in [7, 11) is -4.00. The quantitative estimate of drug-likeness (QED) is 0.605. The number of hydrogen-bond acceptors (Lipinski definition) is 5. The van der Waals surface area contributed by atoms with Crippen molar-refractivity contribution >= 4 is 21.8 Å². The van der Waals surface area contributed by atoms with Crippen LogP contribution in [0.5, 0.6) is 5.75 Å². The molecule has 0 bridgehead atoms. The van der Waals surface area contributed by atoms with Crippen LogP contribution in [-0.4, -0.2) is 48.3 Å². The summed E-state index contributed by atoms with van der Waals surface area (Å²) in [5.41, 5.74) is 6.31. The van der Waals surface area contributed by atoms with Crippen molar-refractivity contribution in [2.45, 2.75) is 42.7 Å². The molecule has 4 N–H and O–H groups in total. The van der Waals surface area contributed by atoms with Gasteiger partial charge in [-0.3, -0.25) is 9.59 Å². The molecule has 1 fully saturated rings. The van der Waals surface area contributed by atoms with Crippen LogP contribution in [0.3, 0.4) is 0 Å². The molecule has 1 aliphatic heterocycles. The lowest BCUT2D eigenvalue weighted by molar-refractivity contribution is -0.130. The third kappa shape index (κ3) is 4.98. The second-order valence-electron chi connectivity index (χ2n) is 7.28. The Kier molecular flexibility index (Phi) is 6.73. The molecule has 2 amide bonds. The molecule has 2 atom stereocenters. The van der Waals surface area contributed by atoms with Gasteiger partial charge >= 0.3 is 0 Å². The molecule has 0 saturated carbocycles. The predicted octanol–water partition coefficient (Wildman–Crippen LogP) is 1.15. The van der Waals surface area contributed by atoms with Crippen molar-refractivity contribution in [2.24, 2.45) is 5.73 Å². The molecule has 8 nitrogen and oxygen atoms in total. The number of rotatable bonds is 7. The molecular formula is C21H25N3O5S. The van der Waals surface area contributed by atoms with E-state index in [0.717, 1.165) is 15.9 Å². The highest BCUT2D eigenvalue weighted by Crippen LogP contribution is 2.27. The van der Waals surface area contributed by atoms with Crippen LogP contribution >= 0.6 is 0 Å². The topological polar surface area (TPSA) is 130 Å². The van der Waals surface area contributed by atoms with Gasteiger partial charge in [-0.05, 0) is 36.6 Å². The van der Waals surface area contributed by atoms with Crippen molar-refractivity contribution in [3.8, 4) is 5.75 Å². The minimum atomic E-state index is -4.00. The zero-order chi connectivity index (χ0) is 21.7. The average molecular weight is 432 g/mol. The van der Waals surface area contributed by atoms with Gasteiger partial charge in [0.1, 0.15) is 17.8 Å². The summed E-state index contributed by atoms with van der Waals surface area (Å²) in [6.45, 7) is 0.177. The van der Waals surface area contributed by atoms with Gasteiger partial charge in [-0.1, -0.05) is 42.8 Å². The van der Waals surface area contributed by atoms with Gasteiger partial charge in [-0.2, -0.15) is 4.31 Å². The second-order valence-corrected chi connectivity index (χ2v) is 9.17. The van der Waals surface area contributed by atoms with Crippen LogP contribution < -0.4 is 11.1 Å². The number of carbonyl (C=O) groups excluding carboxylic acids is 2. The number of phenols is 1. The molecule has 0 aromatic heterocycles. The van der Waals surface area contributed by atoms with Crippen molar-refractivity contribution in [1.29, 1.82) is 0 Å².